The second-order valence-electron chi connectivity index (χ2n) is 6.32. The van der Waals surface area contributed by atoms with Crippen molar-refractivity contribution in [3.05, 3.63) is 59.7 Å². The van der Waals surface area contributed by atoms with Crippen LogP contribution in [0.3, 0.4) is 0 Å². The number of pyridine rings is 2. The second kappa shape index (κ2) is 4.16. The maximum absolute atomic E-state index is 4.89. The van der Waals surface area contributed by atoms with Crippen molar-refractivity contribution in [3.63, 3.8) is 0 Å². The summed E-state index contributed by atoms with van der Waals surface area (Å²) in [5.74, 6) is 2.29. The predicted octanol–water partition coefficient (Wildman–Crippen LogP) is 1.84. The summed E-state index contributed by atoms with van der Waals surface area (Å²) in [7, 11) is 4.18. The number of nitrogens with zero attached hydrogens (tertiary/aromatic N) is 4. The molecule has 4 nitrogen and oxygen atoms in total. The first-order chi connectivity index (χ1) is 11.1. The SMILES string of the molecule is Cc1ccc2ccc3nc4[n+](c3c2n1C)-c1c(cc[c-][n+]1C)C4. The van der Waals surface area contributed by atoms with Gasteiger partial charge in [0, 0.05) is 35.4 Å². The lowest BCUT2D eigenvalue weighted by molar-refractivity contribution is -0.769. The molecule has 0 bridgehead atoms. The standard InChI is InChI=1S/C19H17N4/c1-12-6-7-13-8-9-15-18(17(13)22(12)3)23-16(20-15)11-14-5-4-10-21(2)19(14)23/h4-9H,11H2,1-3H3/q+1. The minimum absolute atomic E-state index is 0.879. The number of aryl methyl sites for hydroxylation is 3. The van der Waals surface area contributed by atoms with E-state index >= 15 is 0 Å². The Balaban J connectivity index is 2.04. The zero-order valence-electron chi connectivity index (χ0n) is 13.5. The van der Waals surface area contributed by atoms with Gasteiger partial charge in [0.2, 0.25) is 11.3 Å². The highest BCUT2D eigenvalue weighted by Gasteiger charge is 2.36. The van der Waals surface area contributed by atoms with E-state index in [-0.39, 0.29) is 0 Å². The second-order valence-corrected chi connectivity index (χ2v) is 6.32. The van der Waals surface area contributed by atoms with Crippen molar-refractivity contribution in [1.82, 2.24) is 9.55 Å². The van der Waals surface area contributed by atoms with Crippen LogP contribution in [-0.4, -0.2) is 9.55 Å². The van der Waals surface area contributed by atoms with E-state index in [2.05, 4.69) is 71.2 Å². The lowest BCUT2D eigenvalue weighted by Gasteiger charge is -2.10. The number of hydrogen-bond acceptors (Lipinski definition) is 1. The lowest BCUT2D eigenvalue weighted by Crippen LogP contribution is -2.46. The first-order valence-corrected chi connectivity index (χ1v) is 7.85. The van der Waals surface area contributed by atoms with Crippen LogP contribution in [0.15, 0.2) is 36.4 Å². The van der Waals surface area contributed by atoms with Crippen molar-refractivity contribution in [2.45, 2.75) is 13.3 Å². The van der Waals surface area contributed by atoms with Gasteiger partial charge >= 0.3 is 5.82 Å². The van der Waals surface area contributed by atoms with Crippen LogP contribution < -0.4 is 9.13 Å². The van der Waals surface area contributed by atoms with Crippen LogP contribution in [0.2, 0.25) is 0 Å². The van der Waals surface area contributed by atoms with E-state index in [1.165, 1.54) is 33.5 Å². The normalized spacial score (nSPS) is 12.8. The Morgan fingerprint density at radius 2 is 2.00 bits per heavy atom. The van der Waals surface area contributed by atoms with Gasteiger partial charge in [0.05, 0.1) is 13.5 Å². The molecule has 1 aromatic carbocycles. The summed E-state index contributed by atoms with van der Waals surface area (Å²) in [5.41, 5.74) is 6.03. The molecular formula is C19H17N4+. The molecule has 4 heteroatoms. The summed E-state index contributed by atoms with van der Waals surface area (Å²) < 4.78 is 6.64. The summed E-state index contributed by atoms with van der Waals surface area (Å²) in [5, 5.41) is 1.24. The highest BCUT2D eigenvalue weighted by Crippen LogP contribution is 2.27. The Morgan fingerprint density at radius 3 is 2.87 bits per heavy atom. The van der Waals surface area contributed by atoms with Crippen molar-refractivity contribution in [2.24, 2.45) is 14.1 Å². The lowest BCUT2D eigenvalue weighted by atomic mass is 10.1. The fourth-order valence-corrected chi connectivity index (χ4v) is 3.75. The number of aromatic nitrogens is 4. The number of rotatable bonds is 0. The highest BCUT2D eigenvalue weighted by molar-refractivity contribution is 6.00. The average molecular weight is 301 g/mol. The van der Waals surface area contributed by atoms with Gasteiger partial charge in [0.15, 0.2) is 0 Å². The van der Waals surface area contributed by atoms with Crippen molar-refractivity contribution in [3.8, 4) is 5.82 Å². The summed E-state index contributed by atoms with van der Waals surface area (Å²) in [6.45, 7) is 2.14. The summed E-state index contributed by atoms with van der Waals surface area (Å²) in [6.07, 6.45) is 4.14. The number of hydrogen-bond donors (Lipinski definition) is 0. The van der Waals surface area contributed by atoms with E-state index in [1.807, 2.05) is 6.07 Å². The number of imidazole rings is 1. The third-order valence-electron chi connectivity index (χ3n) is 4.98. The molecule has 0 aliphatic carbocycles. The van der Waals surface area contributed by atoms with E-state index in [4.69, 9.17) is 4.98 Å². The zero-order chi connectivity index (χ0) is 15.7. The van der Waals surface area contributed by atoms with Gasteiger partial charge in [-0.05, 0) is 24.6 Å². The molecule has 1 aliphatic heterocycles. The first-order valence-electron chi connectivity index (χ1n) is 7.85. The van der Waals surface area contributed by atoms with Crippen LogP contribution >= 0.6 is 0 Å². The van der Waals surface area contributed by atoms with Crippen LogP contribution in [0.5, 0.6) is 0 Å². The molecule has 0 amide bonds. The van der Waals surface area contributed by atoms with Gasteiger partial charge in [0.1, 0.15) is 5.52 Å². The topological polar surface area (TPSA) is 25.6 Å². The molecule has 0 unspecified atom stereocenters. The summed E-state index contributed by atoms with van der Waals surface area (Å²) in [6, 6.07) is 12.8. The maximum Gasteiger partial charge on any atom is 0.362 e. The van der Waals surface area contributed by atoms with Gasteiger partial charge < -0.3 is 9.13 Å². The highest BCUT2D eigenvalue weighted by atomic mass is 15.2. The molecule has 5 rings (SSSR count). The minimum atomic E-state index is 0.879. The quantitative estimate of drug-likeness (QED) is 0.316. The van der Waals surface area contributed by atoms with Gasteiger partial charge in [-0.1, -0.05) is 6.07 Å². The Morgan fingerprint density at radius 1 is 1.17 bits per heavy atom. The van der Waals surface area contributed by atoms with Crippen molar-refractivity contribution >= 4 is 21.9 Å². The molecule has 4 heterocycles. The van der Waals surface area contributed by atoms with Gasteiger partial charge in [0.25, 0.3) is 5.52 Å². The fourth-order valence-electron chi connectivity index (χ4n) is 3.75. The summed E-state index contributed by atoms with van der Waals surface area (Å²) in [4.78, 5) is 4.89. The van der Waals surface area contributed by atoms with E-state index in [0.717, 1.165) is 17.8 Å². The number of fused-ring (bicyclic) bond motifs is 7. The molecule has 0 radical (unpaired) electrons. The molecule has 0 spiro atoms. The Hall–Kier alpha value is -2.75. The monoisotopic (exact) mass is 301 g/mol. The van der Waals surface area contributed by atoms with Crippen molar-refractivity contribution in [2.75, 3.05) is 0 Å². The molecule has 112 valence electrons. The maximum atomic E-state index is 4.89. The fraction of sp³-hybridized carbons (Fsp3) is 0.211. The van der Waals surface area contributed by atoms with E-state index in [0.29, 0.717) is 0 Å². The smallest absolute Gasteiger partial charge is 0.344 e. The molecule has 3 aromatic heterocycles. The third kappa shape index (κ3) is 1.53. The molecule has 1 aliphatic rings. The van der Waals surface area contributed by atoms with E-state index in [9.17, 15) is 0 Å². The molecule has 4 aromatic rings. The van der Waals surface area contributed by atoms with E-state index in [1.54, 1.807) is 0 Å². The Kier molecular flexibility index (Phi) is 2.31. The molecule has 0 saturated heterocycles. The van der Waals surface area contributed by atoms with Gasteiger partial charge in [-0.2, -0.15) is 10.6 Å². The van der Waals surface area contributed by atoms with E-state index < -0.39 is 0 Å². The first kappa shape index (κ1) is 12.8. The average Bonchev–Trinajstić information content (AvgIpc) is 3.06. The molecule has 0 N–H and O–H groups in total. The van der Waals surface area contributed by atoms with Gasteiger partial charge in [-0.25, -0.2) is 0 Å². The van der Waals surface area contributed by atoms with Gasteiger partial charge in [-0.3, -0.25) is 0 Å². The van der Waals surface area contributed by atoms with Crippen molar-refractivity contribution < 1.29 is 9.13 Å². The van der Waals surface area contributed by atoms with Crippen LogP contribution in [0.1, 0.15) is 17.1 Å². The third-order valence-corrected chi connectivity index (χ3v) is 4.98. The summed E-state index contributed by atoms with van der Waals surface area (Å²) >= 11 is 0. The van der Waals surface area contributed by atoms with Crippen LogP contribution in [-0.2, 0) is 20.5 Å². The minimum Gasteiger partial charge on any atom is -0.344 e. The van der Waals surface area contributed by atoms with Crippen molar-refractivity contribution in [1.29, 1.82) is 0 Å². The number of benzene rings is 1. The van der Waals surface area contributed by atoms with Crippen LogP contribution in [0.25, 0.3) is 27.8 Å². The zero-order valence-corrected chi connectivity index (χ0v) is 13.5. The predicted molar refractivity (Wildman–Crippen MR) is 87.3 cm³/mol. The Labute approximate surface area is 134 Å². The molecule has 0 fully saturated rings. The molecule has 0 saturated carbocycles. The molecule has 0 atom stereocenters. The van der Waals surface area contributed by atoms with Crippen LogP contribution in [0, 0.1) is 13.1 Å². The molecular weight excluding hydrogens is 284 g/mol. The molecule has 23 heavy (non-hydrogen) atoms. The van der Waals surface area contributed by atoms with Gasteiger partial charge in [-0.15, -0.1) is 6.07 Å². The largest absolute Gasteiger partial charge is 0.362 e. The Bertz CT molecular complexity index is 1120. The van der Waals surface area contributed by atoms with Crippen LogP contribution in [0.4, 0.5) is 0 Å².